The fourth-order valence-electron chi connectivity index (χ4n) is 2.58. The summed E-state index contributed by atoms with van der Waals surface area (Å²) in [4.78, 5) is 18.7. The van der Waals surface area contributed by atoms with Gasteiger partial charge in [0.05, 0.1) is 28.8 Å². The summed E-state index contributed by atoms with van der Waals surface area (Å²) in [5.74, 6) is 0. The molecule has 0 saturated carbocycles. The van der Waals surface area contributed by atoms with Crippen molar-refractivity contribution >= 4 is 46.6 Å². The molecule has 1 aliphatic rings. The summed E-state index contributed by atoms with van der Waals surface area (Å²) in [6.45, 7) is 3.46. The van der Waals surface area contributed by atoms with E-state index in [1.807, 2.05) is 25.1 Å². The highest BCUT2D eigenvalue weighted by atomic mass is 35.5. The van der Waals surface area contributed by atoms with Crippen LogP contribution in [0.1, 0.15) is 23.6 Å². The molecule has 27 heavy (non-hydrogen) atoms. The molecule has 0 atom stereocenters. The number of halogens is 3. The second-order valence-corrected chi connectivity index (χ2v) is 7.26. The van der Waals surface area contributed by atoms with Crippen LogP contribution in [0.25, 0.3) is 0 Å². The Labute approximate surface area is 172 Å². The first-order chi connectivity index (χ1) is 12.9. The van der Waals surface area contributed by atoms with Crippen molar-refractivity contribution in [3.8, 4) is 0 Å². The van der Waals surface area contributed by atoms with Crippen molar-refractivity contribution in [1.29, 1.82) is 0 Å². The van der Waals surface area contributed by atoms with Crippen molar-refractivity contribution in [3.05, 3.63) is 68.2 Å². The Morgan fingerprint density at radius 2 is 1.93 bits per heavy atom. The number of carbonyl (C=O) groups is 1. The van der Waals surface area contributed by atoms with Crippen LogP contribution in [-0.4, -0.2) is 29.9 Å². The fourth-order valence-corrected chi connectivity index (χ4v) is 3.08. The minimum Gasteiger partial charge on any atom is -0.448 e. The molecule has 8 heteroatoms. The van der Waals surface area contributed by atoms with Crippen LogP contribution in [-0.2, 0) is 22.7 Å². The lowest BCUT2D eigenvalue weighted by Crippen LogP contribution is -2.23. The van der Waals surface area contributed by atoms with Gasteiger partial charge in [0.15, 0.2) is 0 Å². The number of nitrogens with zero attached hydrogens (tertiary/aromatic N) is 2. The van der Waals surface area contributed by atoms with Gasteiger partial charge < -0.3 is 14.5 Å². The SMILES string of the molecule is C/C(=N\OCc1ccc(Cl)c(Cl)c1)c1ccc(Cl)c(CN2CCOC2=O)c1. The van der Waals surface area contributed by atoms with E-state index in [-0.39, 0.29) is 12.7 Å². The first-order valence-corrected chi connectivity index (χ1v) is 9.38. The van der Waals surface area contributed by atoms with Gasteiger partial charge in [0.25, 0.3) is 0 Å². The van der Waals surface area contributed by atoms with E-state index in [1.54, 1.807) is 23.1 Å². The topological polar surface area (TPSA) is 51.1 Å². The standard InChI is InChI=1S/C19H17Cl3N2O3/c1-12(23-27-11-13-2-4-17(21)18(22)8-13)14-3-5-16(20)15(9-14)10-24-6-7-26-19(24)25/h2-5,8-9H,6-7,10-11H2,1H3/b23-12+. The van der Waals surface area contributed by atoms with E-state index in [4.69, 9.17) is 44.4 Å². The van der Waals surface area contributed by atoms with Gasteiger partial charge in [0.1, 0.15) is 13.2 Å². The van der Waals surface area contributed by atoms with Gasteiger partial charge in [-0.1, -0.05) is 52.1 Å². The molecule has 0 N–H and O–H groups in total. The van der Waals surface area contributed by atoms with Crippen molar-refractivity contribution in [2.24, 2.45) is 5.16 Å². The third kappa shape index (κ3) is 5.06. The number of hydrogen-bond acceptors (Lipinski definition) is 4. The Morgan fingerprint density at radius 1 is 1.15 bits per heavy atom. The predicted molar refractivity (Wildman–Crippen MR) is 107 cm³/mol. The highest BCUT2D eigenvalue weighted by molar-refractivity contribution is 6.42. The Hall–Kier alpha value is -1.95. The minimum absolute atomic E-state index is 0.272. The molecule has 0 bridgehead atoms. The van der Waals surface area contributed by atoms with Gasteiger partial charge in [0.2, 0.25) is 0 Å². The molecule has 0 aliphatic carbocycles. The Morgan fingerprint density at radius 3 is 2.63 bits per heavy atom. The molecular formula is C19H17Cl3N2O3. The van der Waals surface area contributed by atoms with Crippen LogP contribution in [0.3, 0.4) is 0 Å². The number of hydrogen-bond donors (Lipinski definition) is 0. The average Bonchev–Trinajstić information content (AvgIpc) is 3.04. The van der Waals surface area contributed by atoms with Gasteiger partial charge in [-0.2, -0.15) is 0 Å². The predicted octanol–water partition coefficient (Wildman–Crippen LogP) is 5.54. The number of ether oxygens (including phenoxy) is 1. The largest absolute Gasteiger partial charge is 0.448 e. The van der Waals surface area contributed by atoms with Crippen LogP contribution in [0.15, 0.2) is 41.6 Å². The summed E-state index contributed by atoms with van der Waals surface area (Å²) in [5, 5.41) is 5.71. The molecule has 142 valence electrons. The molecule has 1 amide bonds. The molecular weight excluding hydrogens is 411 g/mol. The maximum Gasteiger partial charge on any atom is 0.410 e. The average molecular weight is 428 g/mol. The van der Waals surface area contributed by atoms with Crippen molar-refractivity contribution in [2.75, 3.05) is 13.2 Å². The molecule has 2 aromatic rings. The minimum atomic E-state index is -0.327. The Kier molecular flexibility index (Phi) is 6.47. The third-order valence-electron chi connectivity index (χ3n) is 4.09. The van der Waals surface area contributed by atoms with E-state index in [1.165, 1.54) is 0 Å². The lowest BCUT2D eigenvalue weighted by molar-refractivity contribution is 0.130. The van der Waals surface area contributed by atoms with Gasteiger partial charge in [-0.3, -0.25) is 0 Å². The zero-order chi connectivity index (χ0) is 19.4. The van der Waals surface area contributed by atoms with Crippen LogP contribution in [0.4, 0.5) is 4.79 Å². The second kappa shape index (κ2) is 8.83. The first kappa shape index (κ1) is 19.8. The fraction of sp³-hybridized carbons (Fsp3) is 0.263. The van der Waals surface area contributed by atoms with E-state index in [9.17, 15) is 4.79 Å². The molecule has 0 aromatic heterocycles. The van der Waals surface area contributed by atoms with Crippen LogP contribution in [0, 0.1) is 0 Å². The smallest absolute Gasteiger partial charge is 0.410 e. The molecule has 0 spiro atoms. The van der Waals surface area contributed by atoms with E-state index in [0.29, 0.717) is 40.5 Å². The molecule has 5 nitrogen and oxygen atoms in total. The van der Waals surface area contributed by atoms with Crippen LogP contribution in [0.5, 0.6) is 0 Å². The van der Waals surface area contributed by atoms with Crippen LogP contribution < -0.4 is 0 Å². The summed E-state index contributed by atoms with van der Waals surface area (Å²) in [6.07, 6.45) is -0.327. The maximum atomic E-state index is 11.6. The van der Waals surface area contributed by atoms with Crippen molar-refractivity contribution in [3.63, 3.8) is 0 Å². The molecule has 1 aliphatic heterocycles. The van der Waals surface area contributed by atoms with Crippen molar-refractivity contribution in [2.45, 2.75) is 20.1 Å². The highest BCUT2D eigenvalue weighted by Crippen LogP contribution is 2.23. The number of rotatable bonds is 6. The number of cyclic esters (lactones) is 1. The van der Waals surface area contributed by atoms with E-state index >= 15 is 0 Å². The molecule has 1 saturated heterocycles. The van der Waals surface area contributed by atoms with E-state index in [2.05, 4.69) is 5.16 Å². The van der Waals surface area contributed by atoms with Gasteiger partial charge >= 0.3 is 6.09 Å². The Balaban J connectivity index is 1.67. The lowest BCUT2D eigenvalue weighted by Gasteiger charge is -2.14. The number of benzene rings is 2. The monoisotopic (exact) mass is 426 g/mol. The number of carbonyl (C=O) groups excluding carboxylic acids is 1. The highest BCUT2D eigenvalue weighted by Gasteiger charge is 2.22. The Bertz CT molecular complexity index is 886. The summed E-state index contributed by atoms with van der Waals surface area (Å²) in [7, 11) is 0. The number of amides is 1. The maximum absolute atomic E-state index is 11.6. The van der Waals surface area contributed by atoms with E-state index < -0.39 is 0 Å². The zero-order valence-electron chi connectivity index (χ0n) is 14.5. The summed E-state index contributed by atoms with van der Waals surface area (Å²) in [6, 6.07) is 10.8. The zero-order valence-corrected chi connectivity index (χ0v) is 16.8. The van der Waals surface area contributed by atoms with E-state index in [0.717, 1.165) is 16.7 Å². The molecule has 0 unspecified atom stereocenters. The molecule has 1 heterocycles. The third-order valence-corrected chi connectivity index (χ3v) is 5.19. The van der Waals surface area contributed by atoms with Gasteiger partial charge in [0, 0.05) is 5.02 Å². The van der Waals surface area contributed by atoms with Crippen molar-refractivity contribution < 1.29 is 14.4 Å². The van der Waals surface area contributed by atoms with Crippen molar-refractivity contribution in [1.82, 2.24) is 4.90 Å². The van der Waals surface area contributed by atoms with Crippen LogP contribution in [0.2, 0.25) is 15.1 Å². The van der Waals surface area contributed by atoms with Crippen LogP contribution >= 0.6 is 34.8 Å². The van der Waals surface area contributed by atoms with Gasteiger partial charge in [-0.15, -0.1) is 0 Å². The summed E-state index contributed by atoms with van der Waals surface area (Å²) in [5.41, 5.74) is 3.24. The summed E-state index contributed by atoms with van der Waals surface area (Å²) < 4.78 is 4.95. The first-order valence-electron chi connectivity index (χ1n) is 8.25. The molecule has 1 fully saturated rings. The van der Waals surface area contributed by atoms with Gasteiger partial charge in [-0.25, -0.2) is 4.79 Å². The molecule has 0 radical (unpaired) electrons. The van der Waals surface area contributed by atoms with Gasteiger partial charge in [-0.05, 0) is 47.9 Å². The quantitative estimate of drug-likeness (QED) is 0.449. The molecule has 3 rings (SSSR count). The summed E-state index contributed by atoms with van der Waals surface area (Å²) >= 11 is 18.2. The normalized spacial score (nSPS) is 14.4. The lowest BCUT2D eigenvalue weighted by atomic mass is 10.1. The second-order valence-electron chi connectivity index (χ2n) is 6.04. The molecule has 2 aromatic carbocycles. The number of oxime groups is 1.